The van der Waals surface area contributed by atoms with Crippen molar-refractivity contribution in [2.45, 2.75) is 58.7 Å². The number of halogens is 1. The summed E-state index contributed by atoms with van der Waals surface area (Å²) in [5.41, 5.74) is 4.30. The quantitative estimate of drug-likeness (QED) is 0.232. The Balaban J connectivity index is 1.47. The Labute approximate surface area is 199 Å². The summed E-state index contributed by atoms with van der Waals surface area (Å²) in [5, 5.41) is 3.62. The summed E-state index contributed by atoms with van der Waals surface area (Å²) in [5.74, 6) is 1.16. The molecule has 3 aromatic rings. The number of hydrogen-bond acceptors (Lipinski definition) is 5. The van der Waals surface area contributed by atoms with Crippen molar-refractivity contribution >= 4 is 28.7 Å². The van der Waals surface area contributed by atoms with Crippen LogP contribution in [0.2, 0.25) is 5.02 Å². The van der Waals surface area contributed by atoms with Crippen LogP contribution in [0.3, 0.4) is 0 Å². The van der Waals surface area contributed by atoms with E-state index in [0.717, 1.165) is 61.2 Å². The molecule has 2 heterocycles. The van der Waals surface area contributed by atoms with Gasteiger partial charge in [-0.05, 0) is 41.3 Å². The van der Waals surface area contributed by atoms with Gasteiger partial charge in [0.2, 0.25) is 0 Å². The van der Waals surface area contributed by atoms with E-state index in [1.807, 2.05) is 17.5 Å². The Bertz CT molecular complexity index is 1050. The lowest BCUT2D eigenvalue weighted by atomic mass is 10.1. The Hall–Kier alpha value is -2.21. The zero-order chi connectivity index (χ0) is 22.3. The van der Waals surface area contributed by atoms with E-state index >= 15 is 0 Å². The highest BCUT2D eigenvalue weighted by Crippen LogP contribution is 2.27. The molecule has 0 N–H and O–H groups in total. The highest BCUT2D eigenvalue weighted by molar-refractivity contribution is 7.09. The first kappa shape index (κ1) is 23.0. The molecule has 2 aromatic carbocycles. The van der Waals surface area contributed by atoms with E-state index < -0.39 is 0 Å². The summed E-state index contributed by atoms with van der Waals surface area (Å²) >= 11 is 7.64. The molecule has 6 heteroatoms. The van der Waals surface area contributed by atoms with Crippen molar-refractivity contribution in [1.29, 1.82) is 0 Å². The number of unbranched alkanes of at least 4 members (excludes halogenated alkanes) is 2. The lowest BCUT2D eigenvalue weighted by Gasteiger charge is -2.22. The molecule has 0 fully saturated rings. The van der Waals surface area contributed by atoms with Gasteiger partial charge in [0.05, 0.1) is 13.2 Å². The number of ether oxygens (including phenoxy) is 1. The lowest BCUT2D eigenvalue weighted by molar-refractivity contribution is 0.0974. The molecule has 0 aliphatic carbocycles. The summed E-state index contributed by atoms with van der Waals surface area (Å²) in [6.07, 6.45) is 4.70. The fourth-order valence-corrected chi connectivity index (χ4v) is 4.92. The SMILES string of the molecule is CCCCCC(=O)c1csc(CN(Cc2ccc(Cl)cc2)Cc2ccc3c(c2)OCC3)n1. The van der Waals surface area contributed by atoms with E-state index in [4.69, 9.17) is 16.3 Å². The van der Waals surface area contributed by atoms with Crippen molar-refractivity contribution in [2.75, 3.05) is 6.61 Å². The molecule has 0 bridgehead atoms. The third kappa shape index (κ3) is 6.18. The van der Waals surface area contributed by atoms with Gasteiger partial charge in [-0.15, -0.1) is 11.3 Å². The molecule has 0 spiro atoms. The van der Waals surface area contributed by atoms with E-state index in [1.165, 1.54) is 16.7 Å². The first-order chi connectivity index (χ1) is 15.6. The molecule has 0 radical (unpaired) electrons. The number of aromatic nitrogens is 1. The van der Waals surface area contributed by atoms with Crippen LogP contribution in [0.1, 0.15) is 64.8 Å². The van der Waals surface area contributed by atoms with Gasteiger partial charge in [0.15, 0.2) is 5.78 Å². The van der Waals surface area contributed by atoms with Crippen molar-refractivity contribution < 1.29 is 9.53 Å². The van der Waals surface area contributed by atoms with Gasteiger partial charge in [-0.3, -0.25) is 9.69 Å². The Kier molecular flexibility index (Phi) is 7.95. The third-order valence-electron chi connectivity index (χ3n) is 5.69. The van der Waals surface area contributed by atoms with E-state index in [1.54, 1.807) is 11.3 Å². The van der Waals surface area contributed by atoms with Gasteiger partial charge >= 0.3 is 0 Å². The number of carbonyl (C=O) groups is 1. The normalized spacial score (nSPS) is 12.7. The largest absolute Gasteiger partial charge is 0.493 e. The summed E-state index contributed by atoms with van der Waals surface area (Å²) in [7, 11) is 0. The Morgan fingerprint density at radius 2 is 1.88 bits per heavy atom. The summed E-state index contributed by atoms with van der Waals surface area (Å²) in [6.45, 7) is 5.15. The van der Waals surface area contributed by atoms with Crippen molar-refractivity contribution in [1.82, 2.24) is 9.88 Å². The molecular weight excluding hydrogens is 440 g/mol. The number of Topliss-reactive ketones (excluding diaryl/α,β-unsaturated/α-hetero) is 1. The number of benzene rings is 2. The number of ketones is 1. The molecular formula is C26H29ClN2O2S. The summed E-state index contributed by atoms with van der Waals surface area (Å²) in [4.78, 5) is 19.5. The van der Waals surface area contributed by atoms with Crippen LogP contribution >= 0.6 is 22.9 Å². The molecule has 0 amide bonds. The molecule has 4 rings (SSSR count). The van der Waals surface area contributed by atoms with Crippen molar-refractivity contribution in [3.05, 3.63) is 80.3 Å². The number of fused-ring (bicyclic) bond motifs is 1. The molecule has 0 atom stereocenters. The molecule has 1 aromatic heterocycles. The molecule has 4 nitrogen and oxygen atoms in total. The average Bonchev–Trinajstić information content (AvgIpc) is 3.44. The van der Waals surface area contributed by atoms with Crippen LogP contribution in [-0.2, 0) is 26.1 Å². The van der Waals surface area contributed by atoms with Gasteiger partial charge in [-0.1, -0.05) is 55.6 Å². The van der Waals surface area contributed by atoms with Crippen LogP contribution in [0.5, 0.6) is 5.75 Å². The van der Waals surface area contributed by atoms with Gasteiger partial charge in [0, 0.05) is 36.3 Å². The molecule has 32 heavy (non-hydrogen) atoms. The number of hydrogen-bond donors (Lipinski definition) is 0. The fraction of sp³-hybridized carbons (Fsp3) is 0.385. The summed E-state index contributed by atoms with van der Waals surface area (Å²) in [6, 6.07) is 14.5. The molecule has 168 valence electrons. The second kappa shape index (κ2) is 11.1. The standard InChI is InChI=1S/C26H29ClN2O2S/c1-2-3-4-5-24(30)23-18-32-26(28-23)17-29(15-19-7-10-22(27)11-8-19)16-20-6-9-21-12-13-31-25(21)14-20/h6-11,14,18H,2-5,12-13,15-17H2,1H3. The van der Waals surface area contributed by atoms with Gasteiger partial charge in [0.1, 0.15) is 16.5 Å². The second-order valence-electron chi connectivity index (χ2n) is 8.32. The molecule has 1 aliphatic rings. The van der Waals surface area contributed by atoms with Crippen LogP contribution in [0.25, 0.3) is 0 Å². The van der Waals surface area contributed by atoms with Gasteiger partial charge in [0.25, 0.3) is 0 Å². The van der Waals surface area contributed by atoms with Crippen LogP contribution < -0.4 is 4.74 Å². The topological polar surface area (TPSA) is 42.4 Å². The number of rotatable bonds is 11. The van der Waals surface area contributed by atoms with E-state index in [0.29, 0.717) is 18.7 Å². The minimum atomic E-state index is 0.154. The second-order valence-corrected chi connectivity index (χ2v) is 9.70. The first-order valence-electron chi connectivity index (χ1n) is 11.3. The van der Waals surface area contributed by atoms with E-state index in [9.17, 15) is 4.79 Å². The zero-order valence-corrected chi connectivity index (χ0v) is 20.1. The smallest absolute Gasteiger partial charge is 0.182 e. The predicted molar refractivity (Wildman–Crippen MR) is 131 cm³/mol. The average molecular weight is 469 g/mol. The minimum absolute atomic E-state index is 0.154. The van der Waals surface area contributed by atoms with E-state index in [-0.39, 0.29) is 5.78 Å². The Morgan fingerprint density at radius 3 is 2.69 bits per heavy atom. The maximum atomic E-state index is 12.4. The first-order valence-corrected chi connectivity index (χ1v) is 12.6. The molecule has 0 saturated carbocycles. The van der Waals surface area contributed by atoms with E-state index in [2.05, 4.69) is 47.1 Å². The molecule has 1 aliphatic heterocycles. The van der Waals surface area contributed by atoms with Gasteiger partial charge in [-0.25, -0.2) is 4.98 Å². The van der Waals surface area contributed by atoms with Crippen molar-refractivity contribution in [2.24, 2.45) is 0 Å². The van der Waals surface area contributed by atoms with Crippen molar-refractivity contribution in [3.63, 3.8) is 0 Å². The maximum absolute atomic E-state index is 12.4. The zero-order valence-electron chi connectivity index (χ0n) is 18.5. The van der Waals surface area contributed by atoms with Crippen LogP contribution in [-0.4, -0.2) is 22.3 Å². The number of thiazole rings is 1. The van der Waals surface area contributed by atoms with Crippen LogP contribution in [0, 0.1) is 0 Å². The maximum Gasteiger partial charge on any atom is 0.182 e. The fourth-order valence-electron chi connectivity index (χ4n) is 3.95. The summed E-state index contributed by atoms with van der Waals surface area (Å²) < 4.78 is 5.76. The highest BCUT2D eigenvalue weighted by atomic mass is 35.5. The monoisotopic (exact) mass is 468 g/mol. The predicted octanol–water partition coefficient (Wildman–Crippen LogP) is 6.70. The van der Waals surface area contributed by atoms with Crippen molar-refractivity contribution in [3.8, 4) is 5.75 Å². The van der Waals surface area contributed by atoms with Crippen LogP contribution in [0.15, 0.2) is 47.8 Å². The highest BCUT2D eigenvalue weighted by Gasteiger charge is 2.17. The third-order valence-corrected chi connectivity index (χ3v) is 6.78. The van der Waals surface area contributed by atoms with Crippen LogP contribution in [0.4, 0.5) is 0 Å². The molecule has 0 unspecified atom stereocenters. The lowest BCUT2D eigenvalue weighted by Crippen LogP contribution is -2.22. The number of nitrogens with zero attached hydrogens (tertiary/aromatic N) is 2. The minimum Gasteiger partial charge on any atom is -0.493 e. The van der Waals surface area contributed by atoms with Gasteiger partial charge < -0.3 is 4.74 Å². The van der Waals surface area contributed by atoms with Gasteiger partial charge in [-0.2, -0.15) is 0 Å². The Morgan fingerprint density at radius 1 is 1.09 bits per heavy atom. The molecule has 0 saturated heterocycles. The number of carbonyl (C=O) groups excluding carboxylic acids is 1.